The van der Waals surface area contributed by atoms with E-state index < -0.39 is 5.41 Å². The van der Waals surface area contributed by atoms with Crippen LogP contribution in [0.2, 0.25) is 0 Å². The van der Waals surface area contributed by atoms with E-state index in [1.165, 1.54) is 5.57 Å². The largest absolute Gasteiger partial charge is 0.300 e. The fraction of sp³-hybridized carbons (Fsp3) is 0.524. The molecular formula is C21H30O2. The lowest BCUT2D eigenvalue weighted by atomic mass is 9.71. The summed E-state index contributed by atoms with van der Waals surface area (Å²) in [4.78, 5) is 24.8. The lowest BCUT2D eigenvalue weighted by Gasteiger charge is -2.30. The number of carbonyl (C=O) groups is 2. The third kappa shape index (κ3) is 3.80. The molecule has 2 rings (SSSR count). The van der Waals surface area contributed by atoms with Gasteiger partial charge in [-0.2, -0.15) is 0 Å². The summed E-state index contributed by atoms with van der Waals surface area (Å²) in [5.74, 6) is 0.431. The van der Waals surface area contributed by atoms with E-state index in [9.17, 15) is 9.59 Å². The van der Waals surface area contributed by atoms with Crippen molar-refractivity contribution in [2.75, 3.05) is 0 Å². The zero-order valence-corrected chi connectivity index (χ0v) is 15.5. The SMILES string of the molecule is CC.CCC(=O)CCC1(C(C)=C(C)C)Cc2ccccc2C1=O. The van der Waals surface area contributed by atoms with Crippen molar-refractivity contribution in [3.05, 3.63) is 46.5 Å². The Kier molecular flexibility index (Phi) is 6.93. The van der Waals surface area contributed by atoms with Crippen molar-refractivity contribution in [3.8, 4) is 0 Å². The van der Waals surface area contributed by atoms with Gasteiger partial charge in [0.15, 0.2) is 5.78 Å². The Morgan fingerprint density at radius 2 is 1.74 bits per heavy atom. The number of benzene rings is 1. The zero-order valence-electron chi connectivity index (χ0n) is 15.5. The molecule has 0 amide bonds. The predicted octanol–water partition coefficient (Wildman–Crippen LogP) is 5.55. The zero-order chi connectivity index (χ0) is 17.6. The van der Waals surface area contributed by atoms with E-state index in [1.54, 1.807) is 0 Å². The van der Waals surface area contributed by atoms with Crippen LogP contribution < -0.4 is 0 Å². The van der Waals surface area contributed by atoms with Gasteiger partial charge in [-0.1, -0.05) is 56.2 Å². The summed E-state index contributed by atoms with van der Waals surface area (Å²) in [5, 5.41) is 0. The number of rotatable bonds is 5. The van der Waals surface area contributed by atoms with E-state index in [0.717, 1.165) is 23.1 Å². The number of hydrogen-bond acceptors (Lipinski definition) is 2. The van der Waals surface area contributed by atoms with Crippen molar-refractivity contribution in [3.63, 3.8) is 0 Å². The highest BCUT2D eigenvalue weighted by Crippen LogP contribution is 2.46. The summed E-state index contributed by atoms with van der Waals surface area (Å²) >= 11 is 0. The molecule has 1 atom stereocenters. The monoisotopic (exact) mass is 314 g/mol. The highest BCUT2D eigenvalue weighted by molar-refractivity contribution is 6.07. The second kappa shape index (κ2) is 8.24. The maximum absolute atomic E-state index is 13.0. The first-order valence-electron chi connectivity index (χ1n) is 8.71. The van der Waals surface area contributed by atoms with Crippen molar-refractivity contribution >= 4 is 11.6 Å². The normalized spacial score (nSPS) is 18.8. The standard InChI is InChI=1S/C19H24O2.C2H6/c1-5-16(20)10-11-19(14(4)13(2)3)12-15-8-6-7-9-17(15)18(19)21;1-2/h6-9H,5,10-12H2,1-4H3;1-2H3. The Morgan fingerprint density at radius 3 is 2.26 bits per heavy atom. The van der Waals surface area contributed by atoms with Gasteiger partial charge >= 0.3 is 0 Å². The van der Waals surface area contributed by atoms with Gasteiger partial charge in [0.25, 0.3) is 0 Å². The molecule has 2 nitrogen and oxygen atoms in total. The first-order valence-corrected chi connectivity index (χ1v) is 8.71. The van der Waals surface area contributed by atoms with Crippen molar-refractivity contribution in [1.82, 2.24) is 0 Å². The second-order valence-electron chi connectivity index (χ2n) is 6.26. The molecule has 1 unspecified atom stereocenters. The van der Waals surface area contributed by atoms with E-state index in [0.29, 0.717) is 19.3 Å². The molecule has 1 aromatic rings. The maximum Gasteiger partial charge on any atom is 0.173 e. The van der Waals surface area contributed by atoms with Gasteiger partial charge in [0.1, 0.15) is 5.78 Å². The number of Topliss-reactive ketones (excluding diaryl/α,β-unsaturated/α-hetero) is 2. The van der Waals surface area contributed by atoms with Crippen LogP contribution >= 0.6 is 0 Å². The topological polar surface area (TPSA) is 34.1 Å². The van der Waals surface area contributed by atoms with E-state index in [2.05, 4.69) is 20.8 Å². The van der Waals surface area contributed by atoms with Gasteiger partial charge in [0.2, 0.25) is 0 Å². The summed E-state index contributed by atoms with van der Waals surface area (Å²) in [6.45, 7) is 12.0. The first-order chi connectivity index (χ1) is 10.9. The molecule has 0 N–H and O–H groups in total. The Morgan fingerprint density at radius 1 is 1.13 bits per heavy atom. The molecule has 0 aliphatic heterocycles. The van der Waals surface area contributed by atoms with Crippen molar-refractivity contribution in [1.29, 1.82) is 0 Å². The quantitative estimate of drug-likeness (QED) is 0.667. The third-order valence-electron chi connectivity index (χ3n) is 4.88. The summed E-state index contributed by atoms with van der Waals surface area (Å²) in [5.41, 5.74) is 3.76. The lowest BCUT2D eigenvalue weighted by molar-refractivity contribution is -0.119. The summed E-state index contributed by atoms with van der Waals surface area (Å²) in [6.07, 6.45) is 2.39. The third-order valence-corrected chi connectivity index (χ3v) is 4.88. The first kappa shape index (κ1) is 19.3. The Hall–Kier alpha value is -1.70. The van der Waals surface area contributed by atoms with E-state index >= 15 is 0 Å². The van der Waals surface area contributed by atoms with Gasteiger partial charge < -0.3 is 0 Å². The predicted molar refractivity (Wildman–Crippen MR) is 96.8 cm³/mol. The number of allylic oxidation sites excluding steroid dienone is 2. The minimum atomic E-state index is -0.507. The van der Waals surface area contributed by atoms with Crippen LogP contribution in [0.3, 0.4) is 0 Å². The molecule has 23 heavy (non-hydrogen) atoms. The van der Waals surface area contributed by atoms with Crippen molar-refractivity contribution in [2.45, 2.75) is 67.2 Å². The van der Waals surface area contributed by atoms with E-state index in [4.69, 9.17) is 0 Å². The van der Waals surface area contributed by atoms with Crippen LogP contribution in [0, 0.1) is 5.41 Å². The fourth-order valence-electron chi connectivity index (χ4n) is 3.26. The second-order valence-corrected chi connectivity index (χ2v) is 6.26. The van der Waals surface area contributed by atoms with Crippen LogP contribution in [-0.2, 0) is 11.2 Å². The number of carbonyl (C=O) groups excluding carboxylic acids is 2. The highest BCUT2D eigenvalue weighted by atomic mass is 16.1. The van der Waals surface area contributed by atoms with Crippen molar-refractivity contribution in [2.24, 2.45) is 5.41 Å². The highest BCUT2D eigenvalue weighted by Gasteiger charge is 2.46. The van der Waals surface area contributed by atoms with Crippen molar-refractivity contribution < 1.29 is 9.59 Å². The average molecular weight is 314 g/mol. The maximum atomic E-state index is 13.0. The molecule has 126 valence electrons. The van der Waals surface area contributed by atoms with Crippen LogP contribution in [0.4, 0.5) is 0 Å². The van der Waals surface area contributed by atoms with Gasteiger partial charge in [0.05, 0.1) is 5.41 Å². The molecule has 1 aromatic carbocycles. The molecule has 2 heteroatoms. The minimum absolute atomic E-state index is 0.195. The summed E-state index contributed by atoms with van der Waals surface area (Å²) in [7, 11) is 0. The summed E-state index contributed by atoms with van der Waals surface area (Å²) in [6, 6.07) is 7.85. The Bertz CT molecular complexity index is 606. The molecule has 0 saturated carbocycles. The van der Waals surface area contributed by atoms with E-state index in [1.807, 2.05) is 45.0 Å². The number of ketones is 2. The molecule has 0 spiro atoms. The van der Waals surface area contributed by atoms with Crippen LogP contribution in [0.25, 0.3) is 0 Å². The van der Waals surface area contributed by atoms with E-state index in [-0.39, 0.29) is 11.6 Å². The van der Waals surface area contributed by atoms with Crippen LogP contribution in [0.15, 0.2) is 35.4 Å². The molecule has 0 aromatic heterocycles. The molecule has 0 fully saturated rings. The molecule has 1 aliphatic rings. The Balaban J connectivity index is 0.00000127. The van der Waals surface area contributed by atoms with Gasteiger partial charge in [-0.3, -0.25) is 9.59 Å². The molecule has 0 radical (unpaired) electrons. The Labute approximate surface area is 141 Å². The van der Waals surface area contributed by atoms with Gasteiger partial charge in [-0.25, -0.2) is 0 Å². The van der Waals surface area contributed by atoms with Crippen LogP contribution in [0.5, 0.6) is 0 Å². The lowest BCUT2D eigenvalue weighted by Crippen LogP contribution is -2.31. The number of hydrogen-bond donors (Lipinski definition) is 0. The minimum Gasteiger partial charge on any atom is -0.300 e. The molecular weight excluding hydrogens is 284 g/mol. The smallest absolute Gasteiger partial charge is 0.173 e. The molecule has 1 aliphatic carbocycles. The van der Waals surface area contributed by atoms with Crippen LogP contribution in [0.1, 0.15) is 76.7 Å². The molecule has 0 heterocycles. The van der Waals surface area contributed by atoms with Gasteiger partial charge in [-0.15, -0.1) is 0 Å². The van der Waals surface area contributed by atoms with Gasteiger partial charge in [0, 0.05) is 18.4 Å². The fourth-order valence-corrected chi connectivity index (χ4v) is 3.26. The van der Waals surface area contributed by atoms with Crippen LogP contribution in [-0.4, -0.2) is 11.6 Å². The van der Waals surface area contributed by atoms with Gasteiger partial charge in [-0.05, 0) is 39.2 Å². The summed E-state index contributed by atoms with van der Waals surface area (Å²) < 4.78 is 0. The molecule has 0 saturated heterocycles. The average Bonchev–Trinajstić information content (AvgIpc) is 2.87. The molecule has 0 bridgehead atoms. The number of fused-ring (bicyclic) bond motifs is 1.